The first-order chi connectivity index (χ1) is 7.15. The van der Waals surface area contributed by atoms with Gasteiger partial charge in [0, 0.05) is 25.6 Å². The van der Waals surface area contributed by atoms with Crippen LogP contribution in [0.25, 0.3) is 0 Å². The number of aliphatic hydroxyl groups is 1. The van der Waals surface area contributed by atoms with Crippen LogP contribution in [-0.4, -0.2) is 54.2 Å². The van der Waals surface area contributed by atoms with E-state index < -0.39 is 5.54 Å². The zero-order valence-electron chi connectivity index (χ0n) is 9.40. The quantitative estimate of drug-likeness (QED) is 0.719. The number of piperidine rings is 3. The third kappa shape index (κ3) is 1.43. The van der Waals surface area contributed by atoms with Crippen molar-refractivity contribution in [3.05, 3.63) is 0 Å². The number of fused-ring (bicyclic) bond motifs is 3. The highest BCUT2D eigenvalue weighted by Crippen LogP contribution is 2.39. The lowest BCUT2D eigenvalue weighted by molar-refractivity contribution is -0.164. The minimum Gasteiger partial charge on any atom is -0.394 e. The van der Waals surface area contributed by atoms with E-state index in [9.17, 15) is 9.90 Å². The van der Waals surface area contributed by atoms with Crippen LogP contribution < -0.4 is 0 Å². The molecule has 0 aromatic rings. The average Bonchev–Trinajstić information content (AvgIpc) is 2.24. The van der Waals surface area contributed by atoms with Crippen LogP contribution in [0.4, 0.5) is 0 Å². The van der Waals surface area contributed by atoms with Gasteiger partial charge in [-0.05, 0) is 19.8 Å². The Hall–Kier alpha value is -0.450. The van der Waals surface area contributed by atoms with Crippen molar-refractivity contribution in [3.63, 3.8) is 0 Å². The van der Waals surface area contributed by atoms with Gasteiger partial charge in [0.1, 0.15) is 5.54 Å². The molecule has 3 rings (SSSR count). The molecule has 3 fully saturated rings. The van der Waals surface area contributed by atoms with Crippen molar-refractivity contribution in [2.75, 3.05) is 26.9 Å². The Bertz CT molecular complexity index is 269. The summed E-state index contributed by atoms with van der Waals surface area (Å²) in [6.45, 7) is 3.21. The summed E-state index contributed by atoms with van der Waals surface area (Å²) in [6, 6.07) is 0.378. The fourth-order valence-corrected chi connectivity index (χ4v) is 3.17. The Morgan fingerprint density at radius 1 is 1.67 bits per heavy atom. The number of hydrogen-bond acceptors (Lipinski definition) is 4. The SMILES string of the molecule is COC[C@]1(CO)C(=O)[C@H]2CCN1[C@@H](C)C2. The van der Waals surface area contributed by atoms with Gasteiger partial charge in [-0.3, -0.25) is 9.69 Å². The first-order valence-corrected chi connectivity index (χ1v) is 5.56. The molecule has 4 heteroatoms. The number of ketones is 1. The minimum absolute atomic E-state index is 0.124. The van der Waals surface area contributed by atoms with E-state index in [-0.39, 0.29) is 18.3 Å². The summed E-state index contributed by atoms with van der Waals surface area (Å²) in [5.41, 5.74) is -0.755. The third-order valence-electron chi connectivity index (χ3n) is 3.90. The summed E-state index contributed by atoms with van der Waals surface area (Å²) < 4.78 is 5.12. The summed E-state index contributed by atoms with van der Waals surface area (Å²) in [5, 5.41) is 9.54. The van der Waals surface area contributed by atoms with E-state index in [2.05, 4.69) is 11.8 Å². The Morgan fingerprint density at radius 3 is 2.93 bits per heavy atom. The maximum atomic E-state index is 12.2. The number of ether oxygens (including phenoxy) is 1. The minimum atomic E-state index is -0.755. The lowest BCUT2D eigenvalue weighted by atomic mass is 9.71. The Morgan fingerprint density at radius 2 is 2.40 bits per heavy atom. The zero-order chi connectivity index (χ0) is 11.1. The van der Waals surface area contributed by atoms with Gasteiger partial charge < -0.3 is 9.84 Å². The molecule has 1 N–H and O–H groups in total. The Balaban J connectivity index is 2.32. The monoisotopic (exact) mass is 213 g/mol. The van der Waals surface area contributed by atoms with Crippen molar-refractivity contribution in [2.45, 2.75) is 31.3 Å². The number of aliphatic hydroxyl groups excluding tert-OH is 1. The number of rotatable bonds is 3. The van der Waals surface area contributed by atoms with Crippen LogP contribution in [0.1, 0.15) is 19.8 Å². The second kappa shape index (κ2) is 3.85. The van der Waals surface area contributed by atoms with E-state index in [1.54, 1.807) is 7.11 Å². The second-order valence-corrected chi connectivity index (χ2v) is 4.75. The van der Waals surface area contributed by atoms with Gasteiger partial charge in [-0.1, -0.05) is 0 Å². The van der Waals surface area contributed by atoms with Gasteiger partial charge in [0.15, 0.2) is 5.78 Å². The van der Waals surface area contributed by atoms with Crippen LogP contribution in [-0.2, 0) is 9.53 Å². The van der Waals surface area contributed by atoms with Crippen molar-refractivity contribution in [2.24, 2.45) is 5.92 Å². The topological polar surface area (TPSA) is 49.8 Å². The fourth-order valence-electron chi connectivity index (χ4n) is 3.17. The van der Waals surface area contributed by atoms with Crippen molar-refractivity contribution in [1.82, 2.24) is 4.90 Å². The lowest BCUT2D eigenvalue weighted by Gasteiger charge is -2.55. The molecule has 0 amide bonds. The summed E-state index contributed by atoms with van der Waals surface area (Å²) in [7, 11) is 1.58. The molecular formula is C11H19NO3. The van der Waals surface area contributed by atoms with Gasteiger partial charge in [0.25, 0.3) is 0 Å². The number of carbonyl (C=O) groups is 1. The lowest BCUT2D eigenvalue weighted by Crippen LogP contribution is -2.71. The van der Waals surface area contributed by atoms with Gasteiger partial charge in [-0.15, -0.1) is 0 Å². The predicted octanol–water partition coefficient (Wildman–Crippen LogP) is 0.0471. The van der Waals surface area contributed by atoms with Crippen LogP contribution >= 0.6 is 0 Å². The van der Waals surface area contributed by atoms with Gasteiger partial charge >= 0.3 is 0 Å². The molecule has 86 valence electrons. The van der Waals surface area contributed by atoms with Crippen LogP contribution in [0.2, 0.25) is 0 Å². The summed E-state index contributed by atoms with van der Waals surface area (Å²) in [5.74, 6) is 0.309. The van der Waals surface area contributed by atoms with E-state index in [1.807, 2.05) is 0 Å². The van der Waals surface area contributed by atoms with Gasteiger partial charge in [-0.2, -0.15) is 0 Å². The molecule has 15 heavy (non-hydrogen) atoms. The van der Waals surface area contributed by atoms with Crippen molar-refractivity contribution in [3.8, 4) is 0 Å². The third-order valence-corrected chi connectivity index (χ3v) is 3.90. The fraction of sp³-hybridized carbons (Fsp3) is 0.909. The molecule has 0 aliphatic carbocycles. The second-order valence-electron chi connectivity index (χ2n) is 4.75. The smallest absolute Gasteiger partial charge is 0.161 e. The van der Waals surface area contributed by atoms with Crippen molar-refractivity contribution >= 4 is 5.78 Å². The standard InChI is InChI=1S/C11H19NO3/c1-8-5-9-3-4-12(8)11(6-13,7-15-2)10(9)14/h8-9,13H,3-7H2,1-2H3/t8-,9-,11+/m0/s1. The number of hydrogen-bond donors (Lipinski definition) is 1. The normalized spacial score (nSPS) is 44.7. The molecule has 4 atom stereocenters. The number of nitrogens with zero attached hydrogens (tertiary/aromatic N) is 1. The predicted molar refractivity (Wildman–Crippen MR) is 55.6 cm³/mol. The molecule has 0 saturated carbocycles. The highest BCUT2D eigenvalue weighted by molar-refractivity contribution is 5.92. The zero-order valence-corrected chi connectivity index (χ0v) is 9.40. The van der Waals surface area contributed by atoms with Gasteiger partial charge in [-0.25, -0.2) is 0 Å². The molecular weight excluding hydrogens is 194 g/mol. The molecule has 3 aliphatic heterocycles. The Labute approximate surface area is 90.2 Å². The van der Waals surface area contributed by atoms with E-state index in [4.69, 9.17) is 4.74 Å². The number of carbonyl (C=O) groups excluding carboxylic acids is 1. The molecule has 0 aromatic carbocycles. The van der Waals surface area contributed by atoms with Crippen molar-refractivity contribution < 1.29 is 14.6 Å². The van der Waals surface area contributed by atoms with E-state index in [0.717, 1.165) is 19.4 Å². The molecule has 0 spiro atoms. The first kappa shape index (κ1) is 11.0. The molecule has 1 unspecified atom stereocenters. The average molecular weight is 213 g/mol. The summed E-state index contributed by atoms with van der Waals surface area (Å²) in [4.78, 5) is 14.3. The maximum Gasteiger partial charge on any atom is 0.161 e. The largest absolute Gasteiger partial charge is 0.394 e. The van der Waals surface area contributed by atoms with Crippen LogP contribution in [0.15, 0.2) is 0 Å². The van der Waals surface area contributed by atoms with Crippen LogP contribution in [0.3, 0.4) is 0 Å². The highest BCUT2D eigenvalue weighted by Gasteiger charge is 2.55. The molecule has 3 aliphatic rings. The highest BCUT2D eigenvalue weighted by atomic mass is 16.5. The van der Waals surface area contributed by atoms with Crippen molar-refractivity contribution in [1.29, 1.82) is 0 Å². The first-order valence-electron chi connectivity index (χ1n) is 5.56. The molecule has 3 saturated heterocycles. The van der Waals surface area contributed by atoms with Crippen LogP contribution in [0, 0.1) is 5.92 Å². The van der Waals surface area contributed by atoms with E-state index in [0.29, 0.717) is 12.6 Å². The number of methoxy groups -OCH3 is 1. The molecule has 3 heterocycles. The molecule has 2 bridgehead atoms. The van der Waals surface area contributed by atoms with E-state index >= 15 is 0 Å². The van der Waals surface area contributed by atoms with E-state index in [1.165, 1.54) is 0 Å². The molecule has 0 aromatic heterocycles. The summed E-state index contributed by atoms with van der Waals surface area (Å²) in [6.07, 6.45) is 1.87. The Kier molecular flexibility index (Phi) is 2.83. The molecule has 4 nitrogen and oxygen atoms in total. The van der Waals surface area contributed by atoms with Crippen LogP contribution in [0.5, 0.6) is 0 Å². The van der Waals surface area contributed by atoms with Gasteiger partial charge in [0.2, 0.25) is 0 Å². The summed E-state index contributed by atoms with van der Waals surface area (Å²) >= 11 is 0. The van der Waals surface area contributed by atoms with Gasteiger partial charge in [0.05, 0.1) is 13.2 Å². The number of Topliss-reactive ketones (excluding diaryl/α,β-unsaturated/α-hetero) is 1. The maximum absolute atomic E-state index is 12.2. The molecule has 0 radical (unpaired) electrons.